The van der Waals surface area contributed by atoms with Gasteiger partial charge in [-0.25, -0.2) is 0 Å². The van der Waals surface area contributed by atoms with Gasteiger partial charge in [-0.1, -0.05) is 6.92 Å². The Morgan fingerprint density at radius 1 is 1.43 bits per heavy atom. The van der Waals surface area contributed by atoms with E-state index < -0.39 is 5.54 Å². The topological polar surface area (TPSA) is 50.8 Å². The van der Waals surface area contributed by atoms with E-state index in [4.69, 9.17) is 9.47 Å². The molecule has 0 radical (unpaired) electrons. The van der Waals surface area contributed by atoms with Crippen LogP contribution >= 0.6 is 0 Å². The van der Waals surface area contributed by atoms with Crippen molar-refractivity contribution in [3.05, 3.63) is 0 Å². The Hall–Kier alpha value is -0.650. The molecule has 1 atom stereocenters. The van der Waals surface area contributed by atoms with Gasteiger partial charge in [-0.3, -0.25) is 4.79 Å². The number of nitrogens with zero attached hydrogens (tertiary/aromatic N) is 1. The maximum absolute atomic E-state index is 12.0. The monoisotopic (exact) mass is 300 g/mol. The van der Waals surface area contributed by atoms with Crippen LogP contribution < -0.4 is 5.32 Å². The number of hydrogen-bond acceptors (Lipinski definition) is 5. The number of rotatable bonds is 9. The summed E-state index contributed by atoms with van der Waals surface area (Å²) in [5.74, 6) is 0.548. The Morgan fingerprint density at radius 2 is 2.10 bits per heavy atom. The van der Waals surface area contributed by atoms with Gasteiger partial charge in [0.2, 0.25) is 0 Å². The minimum atomic E-state index is -0.589. The van der Waals surface area contributed by atoms with E-state index in [1.165, 1.54) is 7.11 Å². The summed E-state index contributed by atoms with van der Waals surface area (Å²) >= 11 is 0. The first kappa shape index (κ1) is 18.4. The summed E-state index contributed by atoms with van der Waals surface area (Å²) in [6.07, 6.45) is 4.06. The van der Waals surface area contributed by atoms with Crippen molar-refractivity contribution in [2.24, 2.45) is 5.92 Å². The van der Waals surface area contributed by atoms with Crippen molar-refractivity contribution in [2.75, 3.05) is 47.0 Å². The smallest absolute Gasteiger partial charge is 0.325 e. The fourth-order valence-electron chi connectivity index (χ4n) is 2.76. The van der Waals surface area contributed by atoms with Crippen molar-refractivity contribution >= 4 is 5.97 Å². The molecular formula is C16H32N2O3. The highest BCUT2D eigenvalue weighted by Gasteiger charge is 2.33. The highest BCUT2D eigenvalue weighted by atomic mass is 16.5. The third-order valence-electron chi connectivity index (χ3n) is 4.31. The zero-order valence-corrected chi connectivity index (χ0v) is 14.1. The van der Waals surface area contributed by atoms with E-state index in [2.05, 4.69) is 24.2 Å². The van der Waals surface area contributed by atoms with Crippen molar-refractivity contribution < 1.29 is 14.3 Å². The first-order chi connectivity index (χ1) is 10.0. The van der Waals surface area contributed by atoms with Crippen LogP contribution in [0.4, 0.5) is 0 Å². The molecule has 0 aromatic carbocycles. The lowest BCUT2D eigenvalue weighted by Crippen LogP contribution is -2.52. The van der Waals surface area contributed by atoms with Gasteiger partial charge < -0.3 is 19.7 Å². The first-order valence-corrected chi connectivity index (χ1v) is 8.11. The fourth-order valence-corrected chi connectivity index (χ4v) is 2.76. The second kappa shape index (κ2) is 9.38. The summed E-state index contributed by atoms with van der Waals surface area (Å²) in [6, 6.07) is 0. The van der Waals surface area contributed by atoms with Crippen molar-refractivity contribution in [3.8, 4) is 0 Å². The molecule has 1 N–H and O–H groups in total. The minimum Gasteiger partial charge on any atom is -0.468 e. The third-order valence-corrected chi connectivity index (χ3v) is 4.31. The Labute approximate surface area is 129 Å². The van der Waals surface area contributed by atoms with E-state index in [0.717, 1.165) is 64.4 Å². The molecule has 21 heavy (non-hydrogen) atoms. The summed E-state index contributed by atoms with van der Waals surface area (Å²) < 4.78 is 10.4. The minimum absolute atomic E-state index is 0.171. The number of carbonyl (C=O) groups is 1. The van der Waals surface area contributed by atoms with E-state index in [1.807, 2.05) is 6.92 Å². The average molecular weight is 300 g/mol. The van der Waals surface area contributed by atoms with Gasteiger partial charge in [0.15, 0.2) is 0 Å². The van der Waals surface area contributed by atoms with Crippen LogP contribution in [-0.4, -0.2) is 63.4 Å². The summed E-state index contributed by atoms with van der Waals surface area (Å²) in [4.78, 5) is 14.3. The zero-order valence-electron chi connectivity index (χ0n) is 14.1. The molecule has 1 saturated heterocycles. The van der Waals surface area contributed by atoms with Crippen LogP contribution in [0.2, 0.25) is 0 Å². The first-order valence-electron chi connectivity index (χ1n) is 8.11. The molecular weight excluding hydrogens is 268 g/mol. The highest BCUT2D eigenvalue weighted by molar-refractivity contribution is 5.80. The molecule has 5 nitrogen and oxygen atoms in total. The van der Waals surface area contributed by atoms with Gasteiger partial charge in [0.25, 0.3) is 0 Å². The summed E-state index contributed by atoms with van der Waals surface area (Å²) in [5, 5.41) is 3.33. The van der Waals surface area contributed by atoms with Crippen molar-refractivity contribution in [1.82, 2.24) is 10.2 Å². The van der Waals surface area contributed by atoms with Gasteiger partial charge in [0.05, 0.1) is 7.11 Å². The van der Waals surface area contributed by atoms with Gasteiger partial charge in [-0.15, -0.1) is 0 Å². The Kier molecular flexibility index (Phi) is 8.22. The van der Waals surface area contributed by atoms with Crippen molar-refractivity contribution in [1.29, 1.82) is 0 Å². The molecule has 0 bridgehead atoms. The van der Waals surface area contributed by atoms with Gasteiger partial charge in [0.1, 0.15) is 5.54 Å². The predicted molar refractivity (Wildman–Crippen MR) is 84.4 cm³/mol. The van der Waals surface area contributed by atoms with Gasteiger partial charge in [0, 0.05) is 26.3 Å². The molecule has 124 valence electrons. The SMILES string of the molecule is CCCNC(C)(CCN(C)CC1CCOCC1)C(=O)OC. The maximum Gasteiger partial charge on any atom is 0.325 e. The number of carbonyl (C=O) groups excluding carboxylic acids is 1. The van der Waals surface area contributed by atoms with Crippen LogP contribution in [0.1, 0.15) is 39.5 Å². The molecule has 0 amide bonds. The predicted octanol–water partition coefficient (Wildman–Crippen LogP) is 1.67. The quantitative estimate of drug-likeness (QED) is 0.656. The van der Waals surface area contributed by atoms with Crippen LogP contribution in [0.15, 0.2) is 0 Å². The van der Waals surface area contributed by atoms with E-state index in [1.54, 1.807) is 0 Å². The molecule has 1 fully saturated rings. The van der Waals surface area contributed by atoms with Crippen LogP contribution in [0.5, 0.6) is 0 Å². The van der Waals surface area contributed by atoms with E-state index in [9.17, 15) is 4.79 Å². The number of ether oxygens (including phenoxy) is 2. The lowest BCUT2D eigenvalue weighted by molar-refractivity contribution is -0.148. The molecule has 1 heterocycles. The Morgan fingerprint density at radius 3 is 2.67 bits per heavy atom. The number of nitrogens with one attached hydrogen (secondary N) is 1. The number of methoxy groups -OCH3 is 1. The maximum atomic E-state index is 12.0. The molecule has 1 rings (SSSR count). The summed E-state index contributed by atoms with van der Waals surface area (Å²) in [6.45, 7) is 8.61. The van der Waals surface area contributed by atoms with E-state index in [-0.39, 0.29) is 5.97 Å². The van der Waals surface area contributed by atoms with Crippen molar-refractivity contribution in [3.63, 3.8) is 0 Å². The standard InChI is InChI=1S/C16H32N2O3/c1-5-9-17-16(2,15(19)20-4)8-10-18(3)13-14-6-11-21-12-7-14/h14,17H,5-13H2,1-4H3. The van der Waals surface area contributed by atoms with Gasteiger partial charge in [-0.05, 0) is 52.1 Å². The van der Waals surface area contributed by atoms with Gasteiger partial charge >= 0.3 is 5.97 Å². The Balaban J connectivity index is 2.41. The van der Waals surface area contributed by atoms with Crippen LogP contribution in [0, 0.1) is 5.92 Å². The molecule has 1 aliphatic heterocycles. The second-order valence-electron chi connectivity index (χ2n) is 6.32. The highest BCUT2D eigenvalue weighted by Crippen LogP contribution is 2.17. The van der Waals surface area contributed by atoms with Crippen LogP contribution in [0.3, 0.4) is 0 Å². The molecule has 5 heteroatoms. The molecule has 1 aliphatic rings. The molecule has 0 spiro atoms. The average Bonchev–Trinajstić information content (AvgIpc) is 2.51. The normalized spacial score (nSPS) is 19.5. The summed E-state index contributed by atoms with van der Waals surface area (Å²) in [5.41, 5.74) is -0.589. The molecule has 0 aliphatic carbocycles. The van der Waals surface area contributed by atoms with E-state index in [0.29, 0.717) is 0 Å². The van der Waals surface area contributed by atoms with Crippen LogP contribution in [0.25, 0.3) is 0 Å². The molecule has 1 unspecified atom stereocenters. The van der Waals surface area contributed by atoms with Gasteiger partial charge in [-0.2, -0.15) is 0 Å². The van der Waals surface area contributed by atoms with Crippen LogP contribution in [-0.2, 0) is 14.3 Å². The number of hydrogen-bond donors (Lipinski definition) is 1. The Bertz CT molecular complexity index is 306. The number of esters is 1. The molecule has 0 aromatic rings. The zero-order chi connectivity index (χ0) is 15.7. The fraction of sp³-hybridized carbons (Fsp3) is 0.938. The lowest BCUT2D eigenvalue weighted by Gasteiger charge is -2.32. The second-order valence-corrected chi connectivity index (χ2v) is 6.32. The lowest BCUT2D eigenvalue weighted by atomic mass is 9.96. The molecule has 0 aromatic heterocycles. The van der Waals surface area contributed by atoms with E-state index >= 15 is 0 Å². The molecule has 0 saturated carbocycles. The summed E-state index contributed by atoms with van der Waals surface area (Å²) in [7, 11) is 3.59. The third kappa shape index (κ3) is 6.32. The van der Waals surface area contributed by atoms with Crippen molar-refractivity contribution in [2.45, 2.75) is 45.1 Å². The largest absolute Gasteiger partial charge is 0.468 e.